The van der Waals surface area contributed by atoms with Gasteiger partial charge in [0.1, 0.15) is 18.5 Å². The van der Waals surface area contributed by atoms with E-state index in [9.17, 15) is 25.2 Å². The van der Waals surface area contributed by atoms with Crippen LogP contribution in [0.4, 0.5) is 0 Å². The number of aliphatic carboxylic acids is 1. The van der Waals surface area contributed by atoms with Crippen LogP contribution in [0.25, 0.3) is 0 Å². The molecule has 0 saturated carbocycles. The molecule has 2 heterocycles. The molecule has 25 heavy (non-hydrogen) atoms. The van der Waals surface area contributed by atoms with Crippen LogP contribution in [-0.2, 0) is 22.6 Å². The van der Waals surface area contributed by atoms with E-state index < -0.39 is 30.2 Å². The zero-order valence-electron chi connectivity index (χ0n) is 13.2. The van der Waals surface area contributed by atoms with E-state index in [0.29, 0.717) is 0 Å². The van der Waals surface area contributed by atoms with Gasteiger partial charge >= 0.3 is 5.97 Å². The Kier molecular flexibility index (Phi) is 5.26. The summed E-state index contributed by atoms with van der Waals surface area (Å²) < 4.78 is 5.68. The van der Waals surface area contributed by atoms with Gasteiger partial charge in [-0.15, -0.1) is 22.7 Å². The minimum Gasteiger partial charge on any atom is -0.489 e. The summed E-state index contributed by atoms with van der Waals surface area (Å²) in [6.07, 6.45) is -3.17. The molecule has 0 aromatic carbocycles. The lowest BCUT2D eigenvalue weighted by molar-refractivity contribution is -0.162. The number of ether oxygens (including phenoxy) is 1. The number of rotatable bonds is 6. The van der Waals surface area contributed by atoms with Gasteiger partial charge in [-0.2, -0.15) is 0 Å². The quantitative estimate of drug-likeness (QED) is 0.607. The van der Waals surface area contributed by atoms with E-state index in [1.54, 1.807) is 0 Å². The summed E-state index contributed by atoms with van der Waals surface area (Å²) in [5, 5.41) is 44.4. The monoisotopic (exact) mass is 382 g/mol. The van der Waals surface area contributed by atoms with Gasteiger partial charge in [0.25, 0.3) is 0 Å². The third-order valence-electron chi connectivity index (χ3n) is 4.17. The van der Waals surface area contributed by atoms with Crippen LogP contribution < -0.4 is 0 Å². The summed E-state index contributed by atoms with van der Waals surface area (Å²) in [5.41, 5.74) is -2.20. The Morgan fingerprint density at radius 1 is 1.20 bits per heavy atom. The van der Waals surface area contributed by atoms with Crippen LogP contribution in [0, 0.1) is 0 Å². The Balaban J connectivity index is 2.00. The SMILES string of the molecule is O=C(O)[C@@]1(O)C[C@@H](O)[C@H](O)C(OCc2cccs2)=C1Cc1cccs1. The number of hydrogen-bond acceptors (Lipinski definition) is 7. The number of aliphatic hydroxyl groups is 3. The van der Waals surface area contributed by atoms with E-state index in [2.05, 4.69) is 0 Å². The molecule has 0 fully saturated rings. The van der Waals surface area contributed by atoms with E-state index in [1.165, 1.54) is 22.7 Å². The van der Waals surface area contributed by atoms with Crippen molar-refractivity contribution < 1.29 is 30.0 Å². The zero-order valence-corrected chi connectivity index (χ0v) is 14.8. The van der Waals surface area contributed by atoms with Crippen molar-refractivity contribution in [3.63, 3.8) is 0 Å². The molecule has 0 saturated heterocycles. The largest absolute Gasteiger partial charge is 0.489 e. The molecule has 0 unspecified atom stereocenters. The first-order valence-electron chi connectivity index (χ1n) is 7.65. The average molecular weight is 382 g/mol. The molecule has 4 N–H and O–H groups in total. The predicted octanol–water partition coefficient (Wildman–Crippen LogP) is 1.76. The van der Waals surface area contributed by atoms with Crippen molar-refractivity contribution in [3.05, 3.63) is 56.1 Å². The van der Waals surface area contributed by atoms with Crippen molar-refractivity contribution in [3.8, 4) is 0 Å². The average Bonchev–Trinajstić information content (AvgIpc) is 3.25. The fourth-order valence-corrected chi connectivity index (χ4v) is 4.18. The number of carbonyl (C=O) groups is 1. The van der Waals surface area contributed by atoms with Crippen molar-refractivity contribution >= 4 is 28.6 Å². The first-order valence-corrected chi connectivity index (χ1v) is 9.40. The Morgan fingerprint density at radius 3 is 2.40 bits per heavy atom. The molecule has 2 aromatic heterocycles. The van der Waals surface area contributed by atoms with Crippen molar-refractivity contribution in [2.24, 2.45) is 0 Å². The molecule has 6 nitrogen and oxygen atoms in total. The second kappa shape index (κ2) is 7.27. The molecule has 0 amide bonds. The molecule has 134 valence electrons. The lowest BCUT2D eigenvalue weighted by atomic mass is 9.77. The second-order valence-corrected chi connectivity index (χ2v) is 7.91. The Morgan fingerprint density at radius 2 is 1.84 bits per heavy atom. The first-order chi connectivity index (χ1) is 11.9. The first kappa shape index (κ1) is 18.1. The Bertz CT molecular complexity index is 752. The third-order valence-corrected chi connectivity index (χ3v) is 5.90. The highest BCUT2D eigenvalue weighted by Gasteiger charge is 2.50. The summed E-state index contributed by atoms with van der Waals surface area (Å²) in [7, 11) is 0. The Labute approximate surface area is 152 Å². The molecule has 0 spiro atoms. The van der Waals surface area contributed by atoms with Crippen LogP contribution in [0.2, 0.25) is 0 Å². The van der Waals surface area contributed by atoms with Crippen LogP contribution in [0.15, 0.2) is 46.4 Å². The minimum absolute atomic E-state index is 0.0644. The number of hydrogen-bond donors (Lipinski definition) is 4. The Hall–Kier alpha value is -1.71. The highest BCUT2D eigenvalue weighted by molar-refractivity contribution is 7.10. The molecule has 0 bridgehead atoms. The van der Waals surface area contributed by atoms with E-state index in [4.69, 9.17) is 4.74 Å². The fraction of sp³-hybridized carbons (Fsp3) is 0.353. The molecular formula is C17H18O6S2. The second-order valence-electron chi connectivity index (χ2n) is 5.85. The van der Waals surface area contributed by atoms with Crippen LogP contribution in [-0.4, -0.2) is 44.2 Å². The van der Waals surface area contributed by atoms with Gasteiger partial charge in [-0.3, -0.25) is 0 Å². The third kappa shape index (κ3) is 3.63. The fourth-order valence-electron chi connectivity index (χ4n) is 2.85. The molecule has 0 radical (unpaired) electrons. The summed E-state index contributed by atoms with van der Waals surface area (Å²) in [6.45, 7) is 0.125. The van der Waals surface area contributed by atoms with Gasteiger partial charge in [0, 0.05) is 28.2 Å². The summed E-state index contributed by atoms with van der Waals surface area (Å²) in [5.74, 6) is -1.53. The zero-order chi connectivity index (χ0) is 18.0. The number of thiophene rings is 2. The topological polar surface area (TPSA) is 107 Å². The number of carboxylic acids is 1. The van der Waals surface area contributed by atoms with Crippen molar-refractivity contribution in [2.75, 3.05) is 0 Å². The van der Waals surface area contributed by atoms with Gasteiger partial charge in [-0.05, 0) is 22.9 Å². The summed E-state index contributed by atoms with van der Waals surface area (Å²) >= 11 is 2.87. The molecule has 1 aliphatic carbocycles. The molecule has 1 aliphatic rings. The molecule has 2 aromatic rings. The van der Waals surface area contributed by atoms with Gasteiger partial charge in [-0.25, -0.2) is 4.79 Å². The van der Waals surface area contributed by atoms with Crippen LogP contribution in [0.1, 0.15) is 16.2 Å². The van der Waals surface area contributed by atoms with E-state index in [-0.39, 0.29) is 24.4 Å². The van der Waals surface area contributed by atoms with E-state index in [1.807, 2.05) is 35.0 Å². The van der Waals surface area contributed by atoms with Crippen molar-refractivity contribution in [1.82, 2.24) is 0 Å². The standard InChI is InChI=1S/C17H18O6S2/c18-13-8-17(22,16(20)21)12(7-10-3-1-5-24-10)15(14(13)19)23-9-11-4-2-6-25-11/h1-6,13-14,18-19,22H,7-9H2,(H,20,21)/t13-,14+,17-/m1/s1. The smallest absolute Gasteiger partial charge is 0.340 e. The maximum Gasteiger partial charge on any atom is 0.340 e. The predicted molar refractivity (Wildman–Crippen MR) is 93.4 cm³/mol. The van der Waals surface area contributed by atoms with E-state index >= 15 is 0 Å². The highest BCUT2D eigenvalue weighted by atomic mass is 32.1. The van der Waals surface area contributed by atoms with Gasteiger partial charge in [0.05, 0.1) is 6.10 Å². The lowest BCUT2D eigenvalue weighted by Gasteiger charge is -2.38. The number of aliphatic hydroxyl groups excluding tert-OH is 2. The molecular weight excluding hydrogens is 364 g/mol. The maximum atomic E-state index is 11.7. The summed E-state index contributed by atoms with van der Waals surface area (Å²) in [6, 6.07) is 7.33. The van der Waals surface area contributed by atoms with Crippen molar-refractivity contribution in [2.45, 2.75) is 37.3 Å². The molecule has 0 aliphatic heterocycles. The van der Waals surface area contributed by atoms with Gasteiger partial charge < -0.3 is 25.2 Å². The van der Waals surface area contributed by atoms with Crippen LogP contribution in [0.5, 0.6) is 0 Å². The normalized spacial score (nSPS) is 26.7. The van der Waals surface area contributed by atoms with Crippen LogP contribution >= 0.6 is 22.7 Å². The molecule has 8 heteroatoms. The van der Waals surface area contributed by atoms with E-state index in [0.717, 1.165) is 9.75 Å². The summed E-state index contributed by atoms with van der Waals surface area (Å²) in [4.78, 5) is 13.4. The van der Waals surface area contributed by atoms with Gasteiger partial charge in [-0.1, -0.05) is 12.1 Å². The highest BCUT2D eigenvalue weighted by Crippen LogP contribution is 2.38. The number of carboxylic acid groups (broad SMARTS) is 1. The van der Waals surface area contributed by atoms with Gasteiger partial charge in [0.2, 0.25) is 0 Å². The lowest BCUT2D eigenvalue weighted by Crippen LogP contribution is -2.52. The minimum atomic E-state index is -2.28. The van der Waals surface area contributed by atoms with Gasteiger partial charge in [0.15, 0.2) is 5.60 Å². The van der Waals surface area contributed by atoms with Crippen molar-refractivity contribution in [1.29, 1.82) is 0 Å². The van der Waals surface area contributed by atoms with Crippen LogP contribution in [0.3, 0.4) is 0 Å². The maximum absolute atomic E-state index is 11.7. The molecule has 3 rings (SSSR count). The molecule has 3 atom stereocenters.